The van der Waals surface area contributed by atoms with Crippen LogP contribution in [0.4, 0.5) is 5.69 Å². The van der Waals surface area contributed by atoms with Crippen molar-refractivity contribution in [2.45, 2.75) is 22.8 Å². The summed E-state index contributed by atoms with van der Waals surface area (Å²) in [6.07, 6.45) is 1.14. The molecule has 1 atom stereocenters. The van der Waals surface area contributed by atoms with E-state index < -0.39 is 19.9 Å². The van der Waals surface area contributed by atoms with E-state index in [1.165, 1.54) is 31.3 Å². The van der Waals surface area contributed by atoms with E-state index in [0.717, 1.165) is 16.1 Å². The minimum atomic E-state index is -3.70. The van der Waals surface area contributed by atoms with Crippen molar-refractivity contribution in [1.29, 1.82) is 0 Å². The Balaban J connectivity index is 1.71. The summed E-state index contributed by atoms with van der Waals surface area (Å²) in [4.78, 5) is 13.0. The van der Waals surface area contributed by atoms with E-state index in [0.29, 0.717) is 11.3 Å². The van der Waals surface area contributed by atoms with Gasteiger partial charge in [0.1, 0.15) is 0 Å². The Morgan fingerprint density at radius 3 is 1.91 bits per heavy atom. The van der Waals surface area contributed by atoms with Crippen molar-refractivity contribution >= 4 is 31.5 Å². The highest BCUT2D eigenvalue weighted by molar-refractivity contribution is 7.92. The Morgan fingerprint density at radius 1 is 0.812 bits per heavy atom. The maximum Gasteiger partial charge on any atom is 0.264 e. The number of anilines is 1. The molecule has 7 nitrogen and oxygen atoms in total. The van der Waals surface area contributed by atoms with Crippen molar-refractivity contribution < 1.29 is 21.6 Å². The van der Waals surface area contributed by atoms with Gasteiger partial charge in [-0.2, -0.15) is 0 Å². The molecule has 0 aliphatic heterocycles. The maximum absolute atomic E-state index is 12.7. The topological polar surface area (TPSA) is 101 Å². The monoisotopic (exact) mass is 472 g/mol. The molecule has 0 spiro atoms. The molecule has 0 aromatic heterocycles. The lowest BCUT2D eigenvalue weighted by Crippen LogP contribution is -2.28. The van der Waals surface area contributed by atoms with Gasteiger partial charge in [0.25, 0.3) is 15.9 Å². The van der Waals surface area contributed by atoms with Crippen LogP contribution in [0.1, 0.15) is 28.9 Å². The van der Waals surface area contributed by atoms with Gasteiger partial charge in [-0.05, 0) is 61.0 Å². The van der Waals surface area contributed by atoms with Crippen LogP contribution in [0.2, 0.25) is 0 Å². The first kappa shape index (κ1) is 23.5. The fourth-order valence-electron chi connectivity index (χ4n) is 3.08. The van der Waals surface area contributed by atoms with E-state index in [9.17, 15) is 21.6 Å². The van der Waals surface area contributed by atoms with Crippen molar-refractivity contribution in [3.8, 4) is 0 Å². The van der Waals surface area contributed by atoms with E-state index >= 15 is 0 Å². The summed E-state index contributed by atoms with van der Waals surface area (Å²) in [6.45, 7) is 1.79. The normalized spacial score (nSPS) is 12.7. The first-order chi connectivity index (χ1) is 15.0. The van der Waals surface area contributed by atoms with Gasteiger partial charge in [-0.25, -0.2) is 16.8 Å². The van der Waals surface area contributed by atoms with Gasteiger partial charge in [-0.15, -0.1) is 0 Å². The molecule has 3 aromatic carbocycles. The van der Waals surface area contributed by atoms with Gasteiger partial charge < -0.3 is 5.32 Å². The van der Waals surface area contributed by atoms with E-state index in [4.69, 9.17) is 0 Å². The van der Waals surface area contributed by atoms with E-state index in [1.54, 1.807) is 61.5 Å². The summed E-state index contributed by atoms with van der Waals surface area (Å²) in [5.74, 6) is -0.329. The minimum Gasteiger partial charge on any atom is -0.346 e. The summed E-state index contributed by atoms with van der Waals surface area (Å²) in [5.41, 5.74) is 1.56. The fraction of sp³-hybridized carbons (Fsp3) is 0.174. The molecule has 0 heterocycles. The predicted molar refractivity (Wildman–Crippen MR) is 124 cm³/mol. The lowest BCUT2D eigenvalue weighted by molar-refractivity contribution is 0.0940. The molecule has 1 unspecified atom stereocenters. The van der Waals surface area contributed by atoms with Gasteiger partial charge in [0.2, 0.25) is 0 Å². The highest BCUT2D eigenvalue weighted by atomic mass is 32.2. The largest absolute Gasteiger partial charge is 0.346 e. The van der Waals surface area contributed by atoms with Crippen LogP contribution in [-0.2, 0) is 19.9 Å². The summed E-state index contributed by atoms with van der Waals surface area (Å²) in [6, 6.07) is 20.3. The average molecular weight is 473 g/mol. The smallest absolute Gasteiger partial charge is 0.264 e. The molecule has 9 heteroatoms. The minimum absolute atomic E-state index is 0.181. The molecule has 0 saturated carbocycles. The molecule has 0 saturated heterocycles. The third kappa shape index (κ3) is 5.17. The number of sulfone groups is 1. The molecule has 3 rings (SSSR count). The number of hydrogen-bond donors (Lipinski definition) is 1. The Kier molecular flexibility index (Phi) is 6.71. The van der Waals surface area contributed by atoms with E-state index in [2.05, 4.69) is 5.32 Å². The van der Waals surface area contributed by atoms with Gasteiger partial charge in [0, 0.05) is 18.9 Å². The second-order valence-electron chi connectivity index (χ2n) is 7.37. The third-order valence-corrected chi connectivity index (χ3v) is 7.98. The van der Waals surface area contributed by atoms with Crippen LogP contribution in [0.5, 0.6) is 0 Å². The number of sulfonamides is 1. The molecule has 3 aromatic rings. The van der Waals surface area contributed by atoms with Crippen molar-refractivity contribution in [2.24, 2.45) is 0 Å². The average Bonchev–Trinajstić information content (AvgIpc) is 2.78. The second-order valence-corrected chi connectivity index (χ2v) is 11.4. The lowest BCUT2D eigenvalue weighted by Gasteiger charge is -2.20. The SMILES string of the molecule is CC(NC(=O)c1ccc(N(C)S(=O)(=O)c2ccccc2)cc1)c1ccc(S(C)(=O)=O)cc1. The fourth-order valence-corrected chi connectivity index (χ4v) is 4.93. The van der Waals surface area contributed by atoms with E-state index in [-0.39, 0.29) is 21.7 Å². The number of carbonyl (C=O) groups excluding carboxylic acids is 1. The maximum atomic E-state index is 12.7. The second kappa shape index (κ2) is 9.13. The van der Waals surface area contributed by atoms with Crippen LogP contribution >= 0.6 is 0 Å². The first-order valence-electron chi connectivity index (χ1n) is 9.75. The van der Waals surface area contributed by atoms with Crippen molar-refractivity contribution in [2.75, 3.05) is 17.6 Å². The zero-order valence-electron chi connectivity index (χ0n) is 17.9. The number of amides is 1. The van der Waals surface area contributed by atoms with Crippen LogP contribution in [0.15, 0.2) is 88.7 Å². The molecule has 0 fully saturated rings. The molecule has 1 N–H and O–H groups in total. The molecular weight excluding hydrogens is 448 g/mol. The third-order valence-electron chi connectivity index (χ3n) is 5.05. The molecule has 0 bridgehead atoms. The van der Waals surface area contributed by atoms with E-state index in [1.807, 2.05) is 0 Å². The van der Waals surface area contributed by atoms with Crippen LogP contribution in [-0.4, -0.2) is 36.0 Å². The van der Waals surface area contributed by atoms with Crippen LogP contribution in [0.25, 0.3) is 0 Å². The first-order valence-corrected chi connectivity index (χ1v) is 13.1. The standard InChI is InChI=1S/C23H24N2O5S2/c1-17(18-11-15-21(16-12-18)31(3,27)28)24-23(26)19-9-13-20(14-10-19)25(2)32(29,30)22-7-5-4-6-8-22/h4-17H,1-3H3,(H,24,26). The van der Waals surface area contributed by atoms with Gasteiger partial charge in [0.05, 0.1) is 21.5 Å². The van der Waals surface area contributed by atoms with Gasteiger partial charge >= 0.3 is 0 Å². The zero-order chi connectivity index (χ0) is 23.5. The number of hydrogen-bond acceptors (Lipinski definition) is 5. The number of nitrogens with zero attached hydrogens (tertiary/aromatic N) is 1. The quantitative estimate of drug-likeness (QED) is 0.568. The molecule has 0 aliphatic carbocycles. The Bertz CT molecular complexity index is 1300. The number of rotatable bonds is 7. The molecule has 32 heavy (non-hydrogen) atoms. The van der Waals surface area contributed by atoms with Crippen LogP contribution in [0, 0.1) is 0 Å². The zero-order valence-corrected chi connectivity index (χ0v) is 19.5. The van der Waals surface area contributed by atoms with Gasteiger partial charge in [-0.3, -0.25) is 9.10 Å². The molecule has 0 aliphatic rings. The molecule has 0 radical (unpaired) electrons. The summed E-state index contributed by atoms with van der Waals surface area (Å²) in [5, 5.41) is 2.86. The number of benzene rings is 3. The molecule has 1 amide bonds. The van der Waals surface area contributed by atoms with Gasteiger partial charge in [-0.1, -0.05) is 30.3 Å². The summed E-state index contributed by atoms with van der Waals surface area (Å²) < 4.78 is 49.8. The summed E-state index contributed by atoms with van der Waals surface area (Å²) >= 11 is 0. The molecule has 168 valence electrons. The van der Waals surface area contributed by atoms with Crippen LogP contribution < -0.4 is 9.62 Å². The molecular formula is C23H24N2O5S2. The number of carbonyl (C=O) groups is 1. The van der Waals surface area contributed by atoms with Crippen LogP contribution in [0.3, 0.4) is 0 Å². The van der Waals surface area contributed by atoms with Crippen molar-refractivity contribution in [3.05, 3.63) is 90.0 Å². The van der Waals surface area contributed by atoms with Crippen molar-refractivity contribution in [1.82, 2.24) is 5.32 Å². The highest BCUT2D eigenvalue weighted by Gasteiger charge is 2.21. The summed E-state index contributed by atoms with van der Waals surface area (Å²) in [7, 11) is -5.53. The van der Waals surface area contributed by atoms with Crippen molar-refractivity contribution in [3.63, 3.8) is 0 Å². The Hall–Kier alpha value is -3.17. The Labute approximate surface area is 188 Å². The highest BCUT2D eigenvalue weighted by Crippen LogP contribution is 2.23. The Morgan fingerprint density at radius 2 is 1.38 bits per heavy atom. The number of nitrogens with one attached hydrogen (secondary N) is 1. The van der Waals surface area contributed by atoms with Gasteiger partial charge in [0.15, 0.2) is 9.84 Å². The lowest BCUT2D eigenvalue weighted by atomic mass is 10.1. The predicted octanol–water partition coefficient (Wildman–Crippen LogP) is 3.41.